The first-order valence-electron chi connectivity index (χ1n) is 7.11. The zero-order valence-electron chi connectivity index (χ0n) is 12.9. The summed E-state index contributed by atoms with van der Waals surface area (Å²) in [7, 11) is -3.57. The lowest BCUT2D eigenvalue weighted by Gasteiger charge is -2.15. The quantitative estimate of drug-likeness (QED) is 0.682. The average molecular weight is 302 g/mol. The SMILES string of the molecule is CCC(CC)NS(=O)(=O)c1n[nH]c(C)c1CNC(C)C. The van der Waals surface area contributed by atoms with E-state index in [1.54, 1.807) is 0 Å². The first-order valence-corrected chi connectivity index (χ1v) is 8.59. The normalized spacial score (nSPS) is 12.6. The summed E-state index contributed by atoms with van der Waals surface area (Å²) in [5.41, 5.74) is 1.49. The Morgan fingerprint density at radius 2 is 1.85 bits per heavy atom. The van der Waals surface area contributed by atoms with Gasteiger partial charge in [-0.2, -0.15) is 5.10 Å². The number of hydrogen-bond acceptors (Lipinski definition) is 4. The molecular formula is C13H26N4O2S. The van der Waals surface area contributed by atoms with Crippen LogP contribution in [0.5, 0.6) is 0 Å². The van der Waals surface area contributed by atoms with Gasteiger partial charge in [-0.3, -0.25) is 5.10 Å². The summed E-state index contributed by atoms with van der Waals surface area (Å²) in [6.07, 6.45) is 1.53. The number of sulfonamides is 1. The molecule has 20 heavy (non-hydrogen) atoms. The molecule has 0 saturated carbocycles. The lowest BCUT2D eigenvalue weighted by molar-refractivity contribution is 0.524. The van der Waals surface area contributed by atoms with E-state index in [0.717, 1.165) is 18.5 Å². The first-order chi connectivity index (χ1) is 9.31. The van der Waals surface area contributed by atoms with Crippen molar-refractivity contribution in [2.75, 3.05) is 0 Å². The molecule has 0 bridgehead atoms. The molecule has 0 atom stereocenters. The monoisotopic (exact) mass is 302 g/mol. The van der Waals surface area contributed by atoms with Crippen LogP contribution in [0.1, 0.15) is 51.8 Å². The fourth-order valence-electron chi connectivity index (χ4n) is 1.90. The van der Waals surface area contributed by atoms with E-state index in [9.17, 15) is 8.42 Å². The number of H-pyrrole nitrogens is 1. The third-order valence-electron chi connectivity index (χ3n) is 3.29. The highest BCUT2D eigenvalue weighted by Gasteiger charge is 2.25. The minimum atomic E-state index is -3.57. The van der Waals surface area contributed by atoms with Gasteiger partial charge in [-0.1, -0.05) is 27.7 Å². The van der Waals surface area contributed by atoms with Gasteiger partial charge in [0.1, 0.15) is 0 Å². The highest BCUT2D eigenvalue weighted by molar-refractivity contribution is 7.89. The summed E-state index contributed by atoms with van der Waals surface area (Å²) < 4.78 is 27.5. The average Bonchev–Trinajstić information content (AvgIpc) is 2.75. The Hall–Kier alpha value is -0.920. The number of nitrogens with one attached hydrogen (secondary N) is 3. The van der Waals surface area contributed by atoms with Crippen molar-refractivity contribution in [3.63, 3.8) is 0 Å². The largest absolute Gasteiger partial charge is 0.310 e. The molecule has 0 fully saturated rings. The Balaban J connectivity index is 3.00. The predicted molar refractivity (Wildman–Crippen MR) is 80.0 cm³/mol. The van der Waals surface area contributed by atoms with Gasteiger partial charge in [0.15, 0.2) is 5.03 Å². The molecule has 0 aliphatic rings. The Labute approximate surface area is 121 Å². The Morgan fingerprint density at radius 3 is 2.35 bits per heavy atom. The Kier molecular flexibility index (Phi) is 6.16. The summed E-state index contributed by atoms with van der Waals surface area (Å²) in [6.45, 7) is 10.3. The van der Waals surface area contributed by atoms with Gasteiger partial charge in [-0.15, -0.1) is 0 Å². The van der Waals surface area contributed by atoms with Crippen LogP contribution >= 0.6 is 0 Å². The molecule has 0 saturated heterocycles. The van der Waals surface area contributed by atoms with Crippen LogP contribution in [0, 0.1) is 6.92 Å². The molecule has 0 unspecified atom stereocenters. The molecule has 0 amide bonds. The second-order valence-electron chi connectivity index (χ2n) is 5.30. The van der Waals surface area contributed by atoms with Gasteiger partial charge >= 0.3 is 0 Å². The van der Waals surface area contributed by atoms with Crippen LogP contribution in [-0.4, -0.2) is 30.7 Å². The van der Waals surface area contributed by atoms with Crippen LogP contribution in [0.25, 0.3) is 0 Å². The van der Waals surface area contributed by atoms with Gasteiger partial charge in [0, 0.05) is 29.9 Å². The molecule has 1 heterocycles. The molecule has 1 rings (SSSR count). The van der Waals surface area contributed by atoms with Crippen molar-refractivity contribution in [3.8, 4) is 0 Å². The fraction of sp³-hybridized carbons (Fsp3) is 0.769. The maximum Gasteiger partial charge on any atom is 0.260 e. The van der Waals surface area contributed by atoms with E-state index in [4.69, 9.17) is 0 Å². The van der Waals surface area contributed by atoms with Crippen molar-refractivity contribution in [1.29, 1.82) is 0 Å². The second-order valence-corrected chi connectivity index (χ2v) is 6.93. The van der Waals surface area contributed by atoms with E-state index in [1.165, 1.54) is 0 Å². The zero-order valence-corrected chi connectivity index (χ0v) is 13.8. The Bertz CT molecular complexity index is 518. The van der Waals surface area contributed by atoms with Crippen molar-refractivity contribution >= 4 is 10.0 Å². The third kappa shape index (κ3) is 4.29. The fourth-order valence-corrected chi connectivity index (χ4v) is 3.50. The topological polar surface area (TPSA) is 86.9 Å². The minimum Gasteiger partial charge on any atom is -0.310 e. The molecule has 0 aromatic carbocycles. The summed E-state index contributed by atoms with van der Waals surface area (Å²) in [5, 5.41) is 10.1. The summed E-state index contributed by atoms with van der Waals surface area (Å²) >= 11 is 0. The molecule has 1 aromatic heterocycles. The molecular weight excluding hydrogens is 276 g/mol. The van der Waals surface area contributed by atoms with Gasteiger partial charge in [0.25, 0.3) is 10.0 Å². The Morgan fingerprint density at radius 1 is 1.25 bits per heavy atom. The highest BCUT2D eigenvalue weighted by Crippen LogP contribution is 2.17. The van der Waals surface area contributed by atoms with E-state index < -0.39 is 10.0 Å². The number of nitrogens with zero attached hydrogens (tertiary/aromatic N) is 1. The van der Waals surface area contributed by atoms with Crippen molar-refractivity contribution in [3.05, 3.63) is 11.3 Å². The number of aromatic amines is 1. The van der Waals surface area contributed by atoms with E-state index in [2.05, 4.69) is 20.2 Å². The molecule has 7 heteroatoms. The van der Waals surface area contributed by atoms with E-state index >= 15 is 0 Å². The van der Waals surface area contributed by atoms with E-state index in [-0.39, 0.29) is 17.1 Å². The molecule has 0 spiro atoms. The maximum atomic E-state index is 12.4. The highest BCUT2D eigenvalue weighted by atomic mass is 32.2. The van der Waals surface area contributed by atoms with Gasteiger partial charge in [-0.05, 0) is 19.8 Å². The van der Waals surface area contributed by atoms with Crippen LogP contribution in [0.2, 0.25) is 0 Å². The van der Waals surface area contributed by atoms with Gasteiger partial charge in [0.05, 0.1) is 0 Å². The second kappa shape index (κ2) is 7.19. The summed E-state index contributed by atoms with van der Waals surface area (Å²) in [6, 6.07) is 0.231. The standard InChI is InChI=1S/C13H26N4O2S/c1-6-11(7-2)17-20(18,19)13-12(8-14-9(3)4)10(5)15-16-13/h9,11,14,17H,6-8H2,1-5H3,(H,15,16). The molecule has 116 valence electrons. The summed E-state index contributed by atoms with van der Waals surface area (Å²) in [4.78, 5) is 0. The van der Waals surface area contributed by atoms with Crippen LogP contribution in [0.3, 0.4) is 0 Å². The van der Waals surface area contributed by atoms with E-state index in [0.29, 0.717) is 12.1 Å². The number of aryl methyl sites for hydroxylation is 1. The smallest absolute Gasteiger partial charge is 0.260 e. The predicted octanol–water partition coefficient (Wildman–Crippen LogP) is 1.68. The van der Waals surface area contributed by atoms with Crippen LogP contribution in [-0.2, 0) is 16.6 Å². The van der Waals surface area contributed by atoms with Crippen molar-refractivity contribution in [2.24, 2.45) is 0 Å². The van der Waals surface area contributed by atoms with Crippen LogP contribution < -0.4 is 10.0 Å². The lowest BCUT2D eigenvalue weighted by Crippen LogP contribution is -2.35. The molecule has 0 aliphatic carbocycles. The zero-order chi connectivity index (χ0) is 15.3. The van der Waals surface area contributed by atoms with E-state index in [1.807, 2.05) is 34.6 Å². The van der Waals surface area contributed by atoms with Gasteiger partial charge in [-0.25, -0.2) is 13.1 Å². The molecule has 0 aliphatic heterocycles. The maximum absolute atomic E-state index is 12.4. The van der Waals surface area contributed by atoms with Crippen LogP contribution in [0.15, 0.2) is 5.03 Å². The van der Waals surface area contributed by atoms with Crippen molar-refractivity contribution in [1.82, 2.24) is 20.2 Å². The van der Waals surface area contributed by atoms with Gasteiger partial charge < -0.3 is 5.32 Å². The number of rotatable bonds is 8. The molecule has 1 aromatic rings. The molecule has 3 N–H and O–H groups in total. The van der Waals surface area contributed by atoms with Crippen molar-refractivity contribution in [2.45, 2.75) is 71.1 Å². The van der Waals surface area contributed by atoms with Gasteiger partial charge in [0.2, 0.25) is 0 Å². The van der Waals surface area contributed by atoms with Crippen LogP contribution in [0.4, 0.5) is 0 Å². The third-order valence-corrected chi connectivity index (χ3v) is 4.78. The number of aromatic nitrogens is 2. The molecule has 0 radical (unpaired) electrons. The number of hydrogen-bond donors (Lipinski definition) is 3. The molecule has 6 nitrogen and oxygen atoms in total. The summed E-state index contributed by atoms with van der Waals surface area (Å²) in [5.74, 6) is 0. The first kappa shape index (κ1) is 17.1. The lowest BCUT2D eigenvalue weighted by atomic mass is 10.2. The minimum absolute atomic E-state index is 0.0529. The van der Waals surface area contributed by atoms with Crippen molar-refractivity contribution < 1.29 is 8.42 Å².